The molecule has 0 bridgehead atoms. The fourth-order valence-electron chi connectivity index (χ4n) is 2.79. The Morgan fingerprint density at radius 1 is 0.828 bits per heavy atom. The first-order valence-electron chi connectivity index (χ1n) is 9.42. The molecule has 6 nitrogen and oxygen atoms in total. The number of ether oxygens (including phenoxy) is 2. The Hall–Kier alpha value is -2.90. The zero-order valence-corrected chi connectivity index (χ0v) is 17.3. The first-order chi connectivity index (χ1) is 14.0. The van der Waals surface area contributed by atoms with Gasteiger partial charge in [-0.2, -0.15) is 4.31 Å². The molecule has 0 aliphatic rings. The predicted octanol–water partition coefficient (Wildman–Crippen LogP) is 4.48. The van der Waals surface area contributed by atoms with Gasteiger partial charge in [0.05, 0.1) is 11.5 Å². The third-order valence-corrected chi connectivity index (χ3v) is 6.23. The molecule has 29 heavy (non-hydrogen) atoms. The van der Waals surface area contributed by atoms with Crippen molar-refractivity contribution >= 4 is 10.0 Å². The topological polar surface area (TPSA) is 68.7 Å². The van der Waals surface area contributed by atoms with Crippen LogP contribution < -0.4 is 9.47 Å². The average molecular weight is 413 g/mol. The summed E-state index contributed by atoms with van der Waals surface area (Å²) >= 11 is 0. The van der Waals surface area contributed by atoms with E-state index in [1.807, 2.05) is 50.2 Å². The Bertz CT molecular complexity index is 1000. The third kappa shape index (κ3) is 5.34. The van der Waals surface area contributed by atoms with Gasteiger partial charge in [0, 0.05) is 25.5 Å². The number of benzene rings is 2. The van der Waals surface area contributed by atoms with Crippen LogP contribution in [-0.2, 0) is 16.6 Å². The van der Waals surface area contributed by atoms with E-state index in [0.29, 0.717) is 31.2 Å². The molecule has 7 heteroatoms. The minimum absolute atomic E-state index is 0.229. The lowest BCUT2D eigenvalue weighted by molar-refractivity contribution is 0.339. The molecule has 0 spiro atoms. The van der Waals surface area contributed by atoms with Crippen LogP contribution >= 0.6 is 0 Å². The van der Waals surface area contributed by atoms with E-state index in [4.69, 9.17) is 9.47 Å². The molecular weight excluding hydrogens is 388 g/mol. The summed E-state index contributed by atoms with van der Waals surface area (Å²) in [6, 6.07) is 17.3. The molecule has 1 heterocycles. The lowest BCUT2D eigenvalue weighted by Crippen LogP contribution is -2.30. The van der Waals surface area contributed by atoms with Gasteiger partial charge >= 0.3 is 0 Å². The van der Waals surface area contributed by atoms with E-state index in [0.717, 1.165) is 11.3 Å². The Morgan fingerprint density at radius 3 is 1.93 bits per heavy atom. The van der Waals surface area contributed by atoms with Gasteiger partial charge in [0.15, 0.2) is 0 Å². The van der Waals surface area contributed by atoms with Crippen LogP contribution in [0.25, 0.3) is 0 Å². The number of hydrogen-bond acceptors (Lipinski definition) is 5. The number of rotatable bonds is 9. The zero-order valence-electron chi connectivity index (χ0n) is 16.5. The van der Waals surface area contributed by atoms with Crippen molar-refractivity contribution in [2.45, 2.75) is 25.3 Å². The van der Waals surface area contributed by atoms with Crippen LogP contribution in [0.4, 0.5) is 0 Å². The lowest BCUT2D eigenvalue weighted by Gasteiger charge is -2.20. The van der Waals surface area contributed by atoms with E-state index in [2.05, 4.69) is 4.98 Å². The number of nitrogens with zero attached hydrogens (tertiary/aromatic N) is 2. The summed E-state index contributed by atoms with van der Waals surface area (Å²) in [4.78, 5) is 4.20. The minimum atomic E-state index is -3.61. The fraction of sp³-hybridized carbons (Fsp3) is 0.227. The Kier molecular flexibility index (Phi) is 6.85. The van der Waals surface area contributed by atoms with E-state index in [1.54, 1.807) is 36.7 Å². The quantitative estimate of drug-likeness (QED) is 0.518. The summed E-state index contributed by atoms with van der Waals surface area (Å²) in [5.74, 6) is 1.98. The van der Waals surface area contributed by atoms with Crippen molar-refractivity contribution in [3.63, 3.8) is 0 Å². The number of hydrogen-bond donors (Lipinski definition) is 0. The highest BCUT2D eigenvalue weighted by Crippen LogP contribution is 2.26. The van der Waals surface area contributed by atoms with E-state index in [1.165, 1.54) is 4.31 Å². The van der Waals surface area contributed by atoms with Crippen LogP contribution in [0.5, 0.6) is 17.2 Å². The molecule has 0 fully saturated rings. The largest absolute Gasteiger partial charge is 0.494 e. The van der Waals surface area contributed by atoms with Gasteiger partial charge in [-0.3, -0.25) is 4.98 Å². The molecule has 3 aromatic rings. The predicted molar refractivity (Wildman–Crippen MR) is 112 cm³/mol. The van der Waals surface area contributed by atoms with Gasteiger partial charge in [-0.05, 0) is 73.2 Å². The maximum Gasteiger partial charge on any atom is 0.243 e. The van der Waals surface area contributed by atoms with Crippen molar-refractivity contribution < 1.29 is 17.9 Å². The summed E-state index contributed by atoms with van der Waals surface area (Å²) in [7, 11) is -3.61. The zero-order chi connectivity index (χ0) is 20.7. The van der Waals surface area contributed by atoms with Crippen molar-refractivity contribution in [3.05, 3.63) is 78.6 Å². The number of pyridine rings is 1. The highest BCUT2D eigenvalue weighted by atomic mass is 32.2. The lowest BCUT2D eigenvalue weighted by atomic mass is 10.3. The molecule has 0 saturated carbocycles. The number of aromatic nitrogens is 1. The van der Waals surface area contributed by atoms with Crippen LogP contribution in [-0.4, -0.2) is 30.9 Å². The maximum atomic E-state index is 13.0. The fourth-order valence-corrected chi connectivity index (χ4v) is 4.23. The Balaban J connectivity index is 1.72. The van der Waals surface area contributed by atoms with Gasteiger partial charge in [0.1, 0.15) is 17.2 Å². The van der Waals surface area contributed by atoms with Crippen molar-refractivity contribution in [1.29, 1.82) is 0 Å². The van der Waals surface area contributed by atoms with Crippen molar-refractivity contribution in [2.75, 3.05) is 13.2 Å². The van der Waals surface area contributed by atoms with E-state index in [-0.39, 0.29) is 4.90 Å². The van der Waals surface area contributed by atoms with Gasteiger partial charge in [0.25, 0.3) is 0 Å². The molecule has 0 radical (unpaired) electrons. The van der Waals surface area contributed by atoms with Crippen LogP contribution in [0.3, 0.4) is 0 Å². The summed E-state index contributed by atoms with van der Waals surface area (Å²) in [5, 5.41) is 0. The van der Waals surface area contributed by atoms with Crippen LogP contribution in [0, 0.1) is 0 Å². The van der Waals surface area contributed by atoms with E-state index < -0.39 is 10.0 Å². The molecule has 0 aliphatic carbocycles. The molecule has 1 aromatic heterocycles. The summed E-state index contributed by atoms with van der Waals surface area (Å²) < 4.78 is 38.6. The van der Waals surface area contributed by atoms with Crippen molar-refractivity contribution in [1.82, 2.24) is 9.29 Å². The maximum absolute atomic E-state index is 13.0. The van der Waals surface area contributed by atoms with Crippen LogP contribution in [0.15, 0.2) is 78.0 Å². The second-order valence-corrected chi connectivity index (χ2v) is 8.20. The molecule has 0 amide bonds. The first-order valence-corrected chi connectivity index (χ1v) is 10.9. The molecule has 0 atom stereocenters. The van der Waals surface area contributed by atoms with Crippen molar-refractivity contribution in [2.24, 2.45) is 0 Å². The second-order valence-electron chi connectivity index (χ2n) is 6.26. The Labute approximate surface area is 171 Å². The highest BCUT2D eigenvalue weighted by molar-refractivity contribution is 7.89. The SMILES string of the molecule is CCOc1ccc(Oc2ccc(S(=O)(=O)N(CC)Cc3ccncc3)cc2)cc1. The van der Waals surface area contributed by atoms with Gasteiger partial charge in [0.2, 0.25) is 10.0 Å². The highest BCUT2D eigenvalue weighted by Gasteiger charge is 2.23. The first kappa shape index (κ1) is 20.8. The smallest absolute Gasteiger partial charge is 0.243 e. The second kappa shape index (κ2) is 9.54. The standard InChI is InChI=1S/C22H24N2O4S/c1-3-24(17-18-13-15-23-16-14-18)29(25,26)22-11-9-21(10-12-22)28-20-7-5-19(6-8-20)27-4-2/h5-16H,3-4,17H2,1-2H3. The molecular formula is C22H24N2O4S. The van der Waals surface area contributed by atoms with Gasteiger partial charge in [-0.1, -0.05) is 6.92 Å². The van der Waals surface area contributed by atoms with Crippen molar-refractivity contribution in [3.8, 4) is 17.2 Å². The van der Waals surface area contributed by atoms with Gasteiger partial charge in [-0.25, -0.2) is 8.42 Å². The minimum Gasteiger partial charge on any atom is -0.494 e. The molecule has 0 unspecified atom stereocenters. The molecule has 152 valence electrons. The van der Waals surface area contributed by atoms with Gasteiger partial charge in [-0.15, -0.1) is 0 Å². The molecule has 0 saturated heterocycles. The summed E-state index contributed by atoms with van der Waals surface area (Å²) in [6.45, 7) is 5.02. The van der Waals surface area contributed by atoms with Crippen LogP contribution in [0.1, 0.15) is 19.4 Å². The Morgan fingerprint density at radius 2 is 1.38 bits per heavy atom. The molecule has 3 rings (SSSR count). The van der Waals surface area contributed by atoms with Crippen LogP contribution in [0.2, 0.25) is 0 Å². The molecule has 2 aromatic carbocycles. The van der Waals surface area contributed by atoms with E-state index in [9.17, 15) is 8.42 Å². The summed E-state index contributed by atoms with van der Waals surface area (Å²) in [5.41, 5.74) is 0.890. The average Bonchev–Trinajstić information content (AvgIpc) is 2.74. The molecule has 0 aliphatic heterocycles. The monoisotopic (exact) mass is 412 g/mol. The summed E-state index contributed by atoms with van der Waals surface area (Å²) in [6.07, 6.45) is 3.31. The number of sulfonamides is 1. The third-order valence-electron chi connectivity index (χ3n) is 4.29. The molecule has 0 N–H and O–H groups in total. The van der Waals surface area contributed by atoms with E-state index >= 15 is 0 Å². The normalized spacial score (nSPS) is 11.4. The van der Waals surface area contributed by atoms with Gasteiger partial charge < -0.3 is 9.47 Å².